The van der Waals surface area contributed by atoms with E-state index in [-0.39, 0.29) is 31.0 Å². The smallest absolute Gasteiger partial charge is 0.251 e. The predicted molar refractivity (Wildman–Crippen MR) is 135 cm³/mol. The zero-order valence-electron chi connectivity index (χ0n) is 21.0. The Morgan fingerprint density at radius 1 is 1.24 bits per heavy atom. The van der Waals surface area contributed by atoms with Crippen LogP contribution in [0.3, 0.4) is 0 Å². The van der Waals surface area contributed by atoms with Crippen molar-refractivity contribution in [2.45, 2.75) is 43.9 Å². The van der Waals surface area contributed by atoms with Gasteiger partial charge in [-0.3, -0.25) is 4.79 Å². The molecular formula is C28H30FN3O5. The van der Waals surface area contributed by atoms with E-state index >= 15 is 0 Å². The first kappa shape index (κ1) is 25.0. The molecule has 5 rings (SSSR count). The molecule has 37 heavy (non-hydrogen) atoms. The minimum Gasteiger partial charge on any atom is -0.493 e. The van der Waals surface area contributed by atoms with E-state index in [1.165, 1.54) is 19.2 Å². The first-order valence-electron chi connectivity index (χ1n) is 12.2. The molecule has 4 N–H and O–H groups in total. The highest BCUT2D eigenvalue weighted by Crippen LogP contribution is 2.43. The van der Waals surface area contributed by atoms with Crippen molar-refractivity contribution in [1.29, 1.82) is 0 Å². The summed E-state index contributed by atoms with van der Waals surface area (Å²) in [5.74, 6) is 0.804. The molecule has 194 valence electrons. The van der Waals surface area contributed by atoms with Crippen molar-refractivity contribution in [1.82, 2.24) is 10.3 Å². The summed E-state index contributed by atoms with van der Waals surface area (Å²) < 4.78 is 30.6. The van der Waals surface area contributed by atoms with Crippen LogP contribution in [0.25, 0.3) is 11.3 Å². The lowest BCUT2D eigenvalue weighted by Crippen LogP contribution is -2.40. The third kappa shape index (κ3) is 5.10. The third-order valence-electron chi connectivity index (χ3n) is 6.61. The molecular weight excluding hydrogens is 477 g/mol. The summed E-state index contributed by atoms with van der Waals surface area (Å²) in [7, 11) is 1.52. The minimum absolute atomic E-state index is 0.120. The van der Waals surface area contributed by atoms with E-state index in [0.29, 0.717) is 45.3 Å². The average Bonchev–Trinajstić information content (AvgIpc) is 3.64. The van der Waals surface area contributed by atoms with E-state index < -0.39 is 11.1 Å². The molecule has 1 unspecified atom stereocenters. The molecule has 0 spiro atoms. The summed E-state index contributed by atoms with van der Waals surface area (Å²) in [5, 5.41) is 14.2. The molecule has 0 saturated heterocycles. The molecule has 1 amide bonds. The number of hydrogen-bond acceptors (Lipinski definition) is 7. The van der Waals surface area contributed by atoms with Crippen LogP contribution >= 0.6 is 0 Å². The predicted octanol–water partition coefficient (Wildman–Crippen LogP) is 3.64. The van der Waals surface area contributed by atoms with Crippen LogP contribution in [0.2, 0.25) is 0 Å². The molecule has 2 atom stereocenters. The van der Waals surface area contributed by atoms with Gasteiger partial charge in [-0.15, -0.1) is 0 Å². The Morgan fingerprint density at radius 2 is 1.97 bits per heavy atom. The topological polar surface area (TPSA) is 116 Å². The molecule has 0 radical (unpaired) electrons. The Bertz CT molecular complexity index is 1340. The first-order valence-corrected chi connectivity index (χ1v) is 12.2. The summed E-state index contributed by atoms with van der Waals surface area (Å²) in [6.45, 7) is 3.51. The van der Waals surface area contributed by atoms with Crippen molar-refractivity contribution in [3.63, 3.8) is 0 Å². The zero-order chi connectivity index (χ0) is 26.4. The maximum absolute atomic E-state index is 13.5. The molecule has 1 aromatic heterocycles. The Morgan fingerprint density at radius 3 is 2.65 bits per heavy atom. The number of carbonyl (C=O) groups excluding carboxylic acids is 1. The number of aliphatic hydroxyl groups is 1. The molecule has 1 saturated carbocycles. The second-order valence-electron chi connectivity index (χ2n) is 10.1. The largest absolute Gasteiger partial charge is 0.493 e. The number of nitrogens with zero attached hydrogens (tertiary/aromatic N) is 1. The number of amides is 1. The lowest BCUT2D eigenvalue weighted by atomic mass is 9.90. The number of halogens is 1. The van der Waals surface area contributed by atoms with Gasteiger partial charge >= 0.3 is 0 Å². The number of aromatic nitrogens is 1. The quantitative estimate of drug-likeness (QED) is 0.426. The lowest BCUT2D eigenvalue weighted by Gasteiger charge is -2.26. The van der Waals surface area contributed by atoms with Crippen LogP contribution in [-0.2, 0) is 11.1 Å². The van der Waals surface area contributed by atoms with E-state index in [1.54, 1.807) is 43.3 Å². The van der Waals surface area contributed by atoms with Crippen LogP contribution < -0.4 is 25.3 Å². The van der Waals surface area contributed by atoms with E-state index in [2.05, 4.69) is 10.3 Å². The molecule has 1 fully saturated rings. The molecule has 2 aromatic carbocycles. The molecule has 1 aliphatic heterocycles. The molecule has 3 aromatic rings. The average molecular weight is 508 g/mol. The number of hydrogen-bond donors (Lipinski definition) is 3. The SMILES string of the molecule is COc1cc(C(=O)NCC(C)(O)c2cc3c(c(-c4ccc(F)cc4)n2)OC[C@]3(C)N)ccc1OC1CC1. The summed E-state index contributed by atoms with van der Waals surface area (Å²) in [4.78, 5) is 17.6. The summed E-state index contributed by atoms with van der Waals surface area (Å²) in [5.41, 5.74) is 6.53. The van der Waals surface area contributed by atoms with Gasteiger partial charge in [0, 0.05) is 16.7 Å². The molecule has 0 bridgehead atoms. The van der Waals surface area contributed by atoms with Crippen molar-refractivity contribution < 1.29 is 28.5 Å². The molecule has 1 aliphatic carbocycles. The van der Waals surface area contributed by atoms with Gasteiger partial charge in [0.25, 0.3) is 5.91 Å². The van der Waals surface area contributed by atoms with Gasteiger partial charge in [0.15, 0.2) is 17.2 Å². The fourth-order valence-corrected chi connectivity index (χ4v) is 4.20. The molecule has 2 aliphatic rings. The number of rotatable bonds is 8. The number of ether oxygens (including phenoxy) is 3. The molecule has 8 nitrogen and oxygen atoms in total. The fourth-order valence-electron chi connectivity index (χ4n) is 4.20. The molecule has 2 heterocycles. The Kier molecular flexibility index (Phi) is 6.29. The normalized spacial score (nSPS) is 19.9. The van der Waals surface area contributed by atoms with Crippen LogP contribution in [0.4, 0.5) is 4.39 Å². The standard InChI is InChI=1S/C28H30FN3O5/c1-27(30)15-36-25-20(27)13-23(32-24(25)16-4-7-18(29)8-5-16)28(2,34)14-31-26(33)17-6-11-21(22(12-17)35-3)37-19-9-10-19/h4-8,11-13,19,34H,9-10,14-15,30H2,1-3H3,(H,31,33)/t27-,28?/m0/s1. The number of nitrogens with two attached hydrogens (primary N) is 1. The third-order valence-corrected chi connectivity index (χ3v) is 6.61. The highest BCUT2D eigenvalue weighted by molar-refractivity contribution is 5.95. The van der Waals surface area contributed by atoms with Gasteiger partial charge in [-0.2, -0.15) is 0 Å². The van der Waals surface area contributed by atoms with Gasteiger partial charge in [0.2, 0.25) is 0 Å². The van der Waals surface area contributed by atoms with Crippen molar-refractivity contribution >= 4 is 5.91 Å². The monoisotopic (exact) mass is 507 g/mol. The zero-order valence-corrected chi connectivity index (χ0v) is 21.0. The van der Waals surface area contributed by atoms with Gasteiger partial charge in [0.05, 0.1) is 31.0 Å². The number of nitrogens with one attached hydrogen (secondary N) is 1. The second kappa shape index (κ2) is 9.32. The van der Waals surface area contributed by atoms with Gasteiger partial charge in [-0.05, 0) is 75.2 Å². The minimum atomic E-state index is -1.54. The van der Waals surface area contributed by atoms with Crippen molar-refractivity contribution in [2.24, 2.45) is 5.73 Å². The summed E-state index contributed by atoms with van der Waals surface area (Å²) >= 11 is 0. The second-order valence-corrected chi connectivity index (χ2v) is 10.1. The Balaban J connectivity index is 1.40. The summed E-state index contributed by atoms with van der Waals surface area (Å²) in [6.07, 6.45) is 2.22. The Labute approximate surface area is 214 Å². The van der Waals surface area contributed by atoms with E-state index in [4.69, 9.17) is 19.9 Å². The maximum atomic E-state index is 13.5. The lowest BCUT2D eigenvalue weighted by molar-refractivity contribution is 0.0489. The van der Waals surface area contributed by atoms with Crippen LogP contribution in [0, 0.1) is 5.82 Å². The van der Waals surface area contributed by atoms with Crippen LogP contribution in [0.15, 0.2) is 48.5 Å². The number of carbonyl (C=O) groups is 1. The van der Waals surface area contributed by atoms with E-state index in [9.17, 15) is 14.3 Å². The Hall–Kier alpha value is -3.69. The number of fused-ring (bicyclic) bond motifs is 1. The maximum Gasteiger partial charge on any atom is 0.251 e. The highest BCUT2D eigenvalue weighted by atomic mass is 19.1. The van der Waals surface area contributed by atoms with E-state index in [0.717, 1.165) is 12.8 Å². The van der Waals surface area contributed by atoms with Crippen LogP contribution in [0.5, 0.6) is 17.2 Å². The van der Waals surface area contributed by atoms with Crippen molar-refractivity contribution in [3.05, 3.63) is 71.2 Å². The fraction of sp³-hybridized carbons (Fsp3) is 0.357. The summed E-state index contributed by atoms with van der Waals surface area (Å²) in [6, 6.07) is 12.5. The van der Waals surface area contributed by atoms with Crippen molar-refractivity contribution in [3.8, 4) is 28.5 Å². The first-order chi connectivity index (χ1) is 17.6. The van der Waals surface area contributed by atoms with Gasteiger partial charge in [-0.1, -0.05) is 0 Å². The number of methoxy groups -OCH3 is 1. The van der Waals surface area contributed by atoms with Crippen LogP contribution in [0.1, 0.15) is 48.3 Å². The highest BCUT2D eigenvalue weighted by Gasteiger charge is 2.38. The van der Waals surface area contributed by atoms with Crippen molar-refractivity contribution in [2.75, 3.05) is 20.3 Å². The number of benzene rings is 2. The van der Waals surface area contributed by atoms with E-state index in [1.807, 2.05) is 6.92 Å². The van der Waals surface area contributed by atoms with Gasteiger partial charge in [-0.25, -0.2) is 9.37 Å². The molecule has 9 heteroatoms. The van der Waals surface area contributed by atoms with Crippen LogP contribution in [-0.4, -0.2) is 42.4 Å². The number of pyridine rings is 1. The van der Waals surface area contributed by atoms with Gasteiger partial charge < -0.3 is 30.4 Å². The van der Waals surface area contributed by atoms with Gasteiger partial charge in [0.1, 0.15) is 23.7 Å².